The van der Waals surface area contributed by atoms with Crippen LogP contribution in [0.1, 0.15) is 71.1 Å². The van der Waals surface area contributed by atoms with E-state index in [4.69, 9.17) is 11.5 Å². The van der Waals surface area contributed by atoms with Crippen molar-refractivity contribution in [1.82, 2.24) is 4.98 Å². The lowest BCUT2D eigenvalue weighted by Crippen LogP contribution is -2.27. The predicted molar refractivity (Wildman–Crippen MR) is 116 cm³/mol. The van der Waals surface area contributed by atoms with E-state index < -0.39 is 5.97 Å². The molecule has 0 aliphatic rings. The summed E-state index contributed by atoms with van der Waals surface area (Å²) in [5.41, 5.74) is 11.5. The van der Waals surface area contributed by atoms with E-state index in [2.05, 4.69) is 22.2 Å². The second-order valence-corrected chi connectivity index (χ2v) is 7.20. The van der Waals surface area contributed by atoms with Gasteiger partial charge in [-0.1, -0.05) is 64.7 Å². The van der Waals surface area contributed by atoms with E-state index >= 15 is 0 Å². The van der Waals surface area contributed by atoms with Gasteiger partial charge in [0.15, 0.2) is 5.96 Å². The summed E-state index contributed by atoms with van der Waals surface area (Å²) in [4.78, 5) is 18.4. The first kappa shape index (κ1) is 23.6. The number of hydrogen-bond donors (Lipinski definition) is 5. The van der Waals surface area contributed by atoms with Crippen LogP contribution in [0.5, 0.6) is 0 Å². The van der Waals surface area contributed by atoms with Crippen LogP contribution in [-0.2, 0) is 4.79 Å². The Hall–Kier alpha value is -2.44. The maximum atomic E-state index is 11.3. The maximum absolute atomic E-state index is 11.3. The van der Waals surface area contributed by atoms with Crippen LogP contribution in [-0.4, -0.2) is 34.6 Å². The van der Waals surface area contributed by atoms with Crippen molar-refractivity contribution >= 4 is 17.7 Å². The Morgan fingerprint density at radius 3 is 2.36 bits per heavy atom. The van der Waals surface area contributed by atoms with Gasteiger partial charge < -0.3 is 26.9 Å². The van der Waals surface area contributed by atoms with E-state index in [1.54, 1.807) is 0 Å². The number of hydrogen-bond acceptors (Lipinski definition) is 3. The number of carbonyl (C=O) groups is 1. The second kappa shape index (κ2) is 14.6. The predicted octanol–water partition coefficient (Wildman–Crippen LogP) is 4.00. The Balaban J connectivity index is 2.56. The molecule has 0 amide bonds. The summed E-state index contributed by atoms with van der Waals surface area (Å²) in [6, 6.07) is 3.68. The molecule has 7 nitrogen and oxygen atoms in total. The number of anilines is 1. The van der Waals surface area contributed by atoms with E-state index in [1.807, 2.05) is 18.3 Å². The molecule has 0 radical (unpaired) electrons. The molecule has 1 unspecified atom stereocenters. The minimum absolute atomic E-state index is 0.0435. The number of aromatic nitrogens is 1. The van der Waals surface area contributed by atoms with Crippen molar-refractivity contribution in [2.24, 2.45) is 16.5 Å². The van der Waals surface area contributed by atoms with Crippen molar-refractivity contribution < 1.29 is 9.90 Å². The summed E-state index contributed by atoms with van der Waals surface area (Å²) in [6.45, 7) is 2.41. The lowest BCUT2D eigenvalue weighted by molar-refractivity contribution is -0.131. The van der Waals surface area contributed by atoms with Crippen LogP contribution in [0.4, 0.5) is 5.82 Å². The molecule has 0 saturated carbocycles. The molecule has 0 aromatic carbocycles. The van der Waals surface area contributed by atoms with E-state index in [-0.39, 0.29) is 18.5 Å². The molecule has 0 saturated heterocycles. The molecule has 158 valence electrons. The Labute approximate surface area is 168 Å². The fraction of sp³-hybridized carbons (Fsp3) is 0.619. The zero-order chi connectivity index (χ0) is 20.6. The number of H-pyrrole nitrogens is 1. The molecule has 7 heteroatoms. The molecular weight excluding hydrogens is 354 g/mol. The standard InChI is InChI=1S/C21H37N5O2/c1-2-3-4-5-6-7-8-9-10-12-18(26-19-13-11-14-24-19)17(15-20(27)28)16-25-21(22)23/h11,13-15,18,24,26H,2-10,12,16H2,1H3,(H,27,28)(H4,22,23,25). The zero-order valence-corrected chi connectivity index (χ0v) is 17.1. The Bertz CT molecular complexity index is 592. The highest BCUT2D eigenvalue weighted by Crippen LogP contribution is 2.18. The molecule has 0 aliphatic heterocycles. The first-order valence-electron chi connectivity index (χ1n) is 10.4. The minimum Gasteiger partial charge on any atom is -0.478 e. The summed E-state index contributed by atoms with van der Waals surface area (Å²) in [6.07, 6.45) is 15.1. The molecule has 1 atom stereocenters. The van der Waals surface area contributed by atoms with Gasteiger partial charge in [-0.25, -0.2) is 9.79 Å². The van der Waals surface area contributed by atoms with Crippen molar-refractivity contribution in [2.75, 3.05) is 11.9 Å². The fourth-order valence-corrected chi connectivity index (χ4v) is 3.21. The van der Waals surface area contributed by atoms with Gasteiger partial charge in [-0.05, 0) is 24.1 Å². The van der Waals surface area contributed by atoms with Crippen LogP contribution in [0.2, 0.25) is 0 Å². The highest BCUT2D eigenvalue weighted by Gasteiger charge is 2.16. The van der Waals surface area contributed by atoms with E-state index in [0.29, 0.717) is 5.57 Å². The van der Waals surface area contributed by atoms with Gasteiger partial charge in [0.25, 0.3) is 0 Å². The van der Waals surface area contributed by atoms with E-state index in [1.165, 1.54) is 51.0 Å². The quantitative estimate of drug-likeness (QED) is 0.126. The van der Waals surface area contributed by atoms with Crippen molar-refractivity contribution in [2.45, 2.75) is 77.2 Å². The molecule has 1 rings (SSSR count). The molecule has 0 spiro atoms. The Kier molecular flexibility index (Phi) is 12.3. The van der Waals surface area contributed by atoms with E-state index in [0.717, 1.165) is 25.1 Å². The molecule has 0 fully saturated rings. The first-order valence-corrected chi connectivity index (χ1v) is 10.4. The number of rotatable bonds is 16. The molecule has 7 N–H and O–H groups in total. The van der Waals surface area contributed by atoms with Crippen molar-refractivity contribution in [3.63, 3.8) is 0 Å². The van der Waals surface area contributed by atoms with Gasteiger partial charge in [0.1, 0.15) is 5.82 Å². The summed E-state index contributed by atoms with van der Waals surface area (Å²) in [7, 11) is 0. The van der Waals surface area contributed by atoms with Gasteiger partial charge in [-0.15, -0.1) is 0 Å². The van der Waals surface area contributed by atoms with Crippen LogP contribution in [0.3, 0.4) is 0 Å². The first-order chi connectivity index (χ1) is 13.5. The number of nitrogens with zero attached hydrogens (tertiary/aromatic N) is 1. The molecule has 0 aliphatic carbocycles. The summed E-state index contributed by atoms with van der Waals surface area (Å²) >= 11 is 0. The van der Waals surface area contributed by atoms with Crippen LogP contribution >= 0.6 is 0 Å². The second-order valence-electron chi connectivity index (χ2n) is 7.20. The Morgan fingerprint density at radius 1 is 1.18 bits per heavy atom. The number of guanidine groups is 1. The van der Waals surface area contributed by atoms with Crippen LogP contribution in [0, 0.1) is 0 Å². The minimum atomic E-state index is -0.994. The number of carboxylic acid groups (broad SMARTS) is 1. The molecule has 28 heavy (non-hydrogen) atoms. The van der Waals surface area contributed by atoms with Gasteiger partial charge >= 0.3 is 5.97 Å². The Morgan fingerprint density at radius 2 is 1.82 bits per heavy atom. The molecular formula is C21H37N5O2. The largest absolute Gasteiger partial charge is 0.478 e. The SMILES string of the molecule is CCCCCCCCCCCC(Nc1ccc[nH]1)C(=CC(=O)O)CN=C(N)N. The topological polar surface area (TPSA) is 130 Å². The third-order valence-electron chi connectivity index (χ3n) is 4.72. The summed E-state index contributed by atoms with van der Waals surface area (Å²) in [5.74, 6) is -0.189. The van der Waals surface area contributed by atoms with Crippen LogP contribution in [0.15, 0.2) is 35.0 Å². The van der Waals surface area contributed by atoms with Gasteiger partial charge in [0, 0.05) is 12.3 Å². The van der Waals surface area contributed by atoms with E-state index in [9.17, 15) is 9.90 Å². The number of carboxylic acids is 1. The van der Waals surface area contributed by atoms with Crippen molar-refractivity contribution in [3.05, 3.63) is 30.0 Å². The lowest BCUT2D eigenvalue weighted by Gasteiger charge is -2.21. The van der Waals surface area contributed by atoms with Crippen LogP contribution < -0.4 is 16.8 Å². The number of aliphatic imine (C=N–C) groups is 1. The number of nitrogens with two attached hydrogens (primary N) is 2. The zero-order valence-electron chi connectivity index (χ0n) is 17.1. The number of unbranched alkanes of at least 4 members (excludes halogenated alkanes) is 8. The highest BCUT2D eigenvalue weighted by molar-refractivity contribution is 5.81. The number of aliphatic carboxylic acids is 1. The molecule has 1 heterocycles. The van der Waals surface area contributed by atoms with Crippen LogP contribution in [0.25, 0.3) is 0 Å². The summed E-state index contributed by atoms with van der Waals surface area (Å²) in [5, 5.41) is 12.6. The van der Waals surface area contributed by atoms with Gasteiger partial charge in [0.2, 0.25) is 0 Å². The average molecular weight is 392 g/mol. The van der Waals surface area contributed by atoms with Crippen molar-refractivity contribution in [1.29, 1.82) is 0 Å². The fourth-order valence-electron chi connectivity index (χ4n) is 3.21. The van der Waals surface area contributed by atoms with Crippen molar-refractivity contribution in [3.8, 4) is 0 Å². The third-order valence-corrected chi connectivity index (χ3v) is 4.72. The number of aromatic amines is 1. The maximum Gasteiger partial charge on any atom is 0.328 e. The lowest BCUT2D eigenvalue weighted by atomic mass is 9.98. The number of nitrogens with one attached hydrogen (secondary N) is 2. The smallest absolute Gasteiger partial charge is 0.328 e. The van der Waals surface area contributed by atoms with Gasteiger partial charge in [-0.2, -0.15) is 0 Å². The monoisotopic (exact) mass is 391 g/mol. The highest BCUT2D eigenvalue weighted by atomic mass is 16.4. The molecule has 1 aromatic heterocycles. The normalized spacial score (nSPS) is 12.5. The van der Waals surface area contributed by atoms with Gasteiger partial charge in [0.05, 0.1) is 12.6 Å². The molecule has 1 aromatic rings. The average Bonchev–Trinajstić information content (AvgIpc) is 3.15. The summed E-state index contributed by atoms with van der Waals surface area (Å²) < 4.78 is 0. The molecule has 0 bridgehead atoms. The third kappa shape index (κ3) is 11.3. The van der Waals surface area contributed by atoms with Gasteiger partial charge in [-0.3, -0.25) is 0 Å².